The first-order valence-electron chi connectivity index (χ1n) is 5.27. The smallest absolute Gasteiger partial charge is 0.254 e. The number of ether oxygens (including phenoxy) is 1. The Morgan fingerprint density at radius 1 is 1.59 bits per heavy atom. The maximum atomic E-state index is 12.2. The number of morpholine rings is 1. The normalized spacial score (nSPS) is 19.8. The van der Waals surface area contributed by atoms with Crippen molar-refractivity contribution in [2.24, 2.45) is 0 Å². The van der Waals surface area contributed by atoms with E-state index in [2.05, 4.69) is 15.9 Å². The highest BCUT2D eigenvalue weighted by Crippen LogP contribution is 2.15. The minimum atomic E-state index is -0.514. The van der Waals surface area contributed by atoms with E-state index in [-0.39, 0.29) is 5.91 Å². The van der Waals surface area contributed by atoms with E-state index in [1.807, 2.05) is 18.2 Å². The Balaban J connectivity index is 2.12. The van der Waals surface area contributed by atoms with E-state index in [4.69, 9.17) is 10.00 Å². The minimum Gasteiger partial charge on any atom is -0.360 e. The van der Waals surface area contributed by atoms with E-state index in [0.717, 1.165) is 4.47 Å². The Morgan fingerprint density at radius 3 is 3.12 bits per heavy atom. The van der Waals surface area contributed by atoms with Crippen molar-refractivity contribution >= 4 is 21.8 Å². The number of benzene rings is 1. The van der Waals surface area contributed by atoms with Gasteiger partial charge >= 0.3 is 0 Å². The molecule has 1 fully saturated rings. The van der Waals surface area contributed by atoms with E-state index in [9.17, 15) is 4.79 Å². The summed E-state index contributed by atoms with van der Waals surface area (Å²) < 4.78 is 6.07. The number of rotatable bonds is 1. The molecule has 0 aromatic heterocycles. The summed E-state index contributed by atoms with van der Waals surface area (Å²) in [5.41, 5.74) is 0.623. The molecule has 5 heteroatoms. The van der Waals surface area contributed by atoms with Crippen LogP contribution in [0.5, 0.6) is 0 Å². The molecule has 0 aliphatic carbocycles. The Kier molecular flexibility index (Phi) is 3.77. The molecule has 1 aliphatic rings. The molecule has 0 N–H and O–H groups in total. The van der Waals surface area contributed by atoms with Gasteiger partial charge in [0.05, 0.1) is 19.2 Å². The van der Waals surface area contributed by atoms with Gasteiger partial charge in [-0.05, 0) is 18.2 Å². The fourth-order valence-corrected chi connectivity index (χ4v) is 2.12. The Labute approximate surface area is 108 Å². The van der Waals surface area contributed by atoms with Crippen molar-refractivity contribution < 1.29 is 9.53 Å². The van der Waals surface area contributed by atoms with Crippen LogP contribution in [-0.2, 0) is 4.74 Å². The van der Waals surface area contributed by atoms with Crippen LogP contribution in [0, 0.1) is 11.3 Å². The first-order chi connectivity index (χ1) is 8.20. The van der Waals surface area contributed by atoms with Gasteiger partial charge in [0.15, 0.2) is 6.10 Å². The molecule has 1 aromatic carbocycles. The quantitative estimate of drug-likeness (QED) is 0.794. The Bertz CT molecular complexity index is 470. The lowest BCUT2D eigenvalue weighted by Gasteiger charge is -2.29. The van der Waals surface area contributed by atoms with Gasteiger partial charge in [0, 0.05) is 16.6 Å². The molecule has 1 saturated heterocycles. The number of hydrogen-bond donors (Lipinski definition) is 0. The molecule has 0 radical (unpaired) electrons. The lowest BCUT2D eigenvalue weighted by Crippen LogP contribution is -2.45. The lowest BCUT2D eigenvalue weighted by molar-refractivity contribution is 0.00346. The Hall–Kier alpha value is -1.38. The monoisotopic (exact) mass is 294 g/mol. The summed E-state index contributed by atoms with van der Waals surface area (Å²) in [5, 5.41) is 8.78. The van der Waals surface area contributed by atoms with Gasteiger partial charge in [-0.2, -0.15) is 5.26 Å². The van der Waals surface area contributed by atoms with E-state index >= 15 is 0 Å². The van der Waals surface area contributed by atoms with E-state index in [0.29, 0.717) is 25.3 Å². The maximum absolute atomic E-state index is 12.2. The average Bonchev–Trinajstić information content (AvgIpc) is 2.38. The second-order valence-electron chi connectivity index (χ2n) is 3.75. The molecule has 1 atom stereocenters. The molecular weight excluding hydrogens is 284 g/mol. The van der Waals surface area contributed by atoms with Crippen molar-refractivity contribution in [3.63, 3.8) is 0 Å². The van der Waals surface area contributed by atoms with Crippen molar-refractivity contribution in [3.05, 3.63) is 34.3 Å². The molecule has 88 valence electrons. The molecular formula is C12H11BrN2O2. The molecule has 1 aliphatic heterocycles. The topological polar surface area (TPSA) is 53.3 Å². The molecule has 4 nitrogen and oxygen atoms in total. The molecule has 1 heterocycles. The molecule has 0 bridgehead atoms. The van der Waals surface area contributed by atoms with Crippen LogP contribution < -0.4 is 0 Å². The van der Waals surface area contributed by atoms with Gasteiger partial charge in [0.1, 0.15) is 0 Å². The maximum Gasteiger partial charge on any atom is 0.254 e. The van der Waals surface area contributed by atoms with Crippen LogP contribution in [-0.4, -0.2) is 36.6 Å². The zero-order chi connectivity index (χ0) is 12.3. The van der Waals surface area contributed by atoms with Crippen LogP contribution in [0.3, 0.4) is 0 Å². The third-order valence-corrected chi connectivity index (χ3v) is 3.06. The van der Waals surface area contributed by atoms with Gasteiger partial charge in [0.2, 0.25) is 0 Å². The summed E-state index contributed by atoms with van der Waals surface area (Å²) in [5.74, 6) is -0.0603. The number of halogens is 1. The number of carbonyl (C=O) groups is 1. The molecule has 0 spiro atoms. The fraction of sp³-hybridized carbons (Fsp3) is 0.333. The highest BCUT2D eigenvalue weighted by Gasteiger charge is 2.24. The van der Waals surface area contributed by atoms with Gasteiger partial charge in [-0.15, -0.1) is 0 Å². The molecule has 1 unspecified atom stereocenters. The van der Waals surface area contributed by atoms with Crippen LogP contribution in [0.4, 0.5) is 0 Å². The van der Waals surface area contributed by atoms with Gasteiger partial charge in [-0.3, -0.25) is 4.79 Å². The van der Waals surface area contributed by atoms with E-state index in [1.54, 1.807) is 17.0 Å². The van der Waals surface area contributed by atoms with Crippen LogP contribution in [0.2, 0.25) is 0 Å². The number of nitrogens with zero attached hydrogens (tertiary/aromatic N) is 2. The highest BCUT2D eigenvalue weighted by molar-refractivity contribution is 9.10. The zero-order valence-corrected chi connectivity index (χ0v) is 10.7. The van der Waals surface area contributed by atoms with Crippen molar-refractivity contribution in [1.82, 2.24) is 4.90 Å². The first-order valence-corrected chi connectivity index (χ1v) is 6.06. The van der Waals surface area contributed by atoms with Crippen LogP contribution in [0.25, 0.3) is 0 Å². The van der Waals surface area contributed by atoms with Crippen molar-refractivity contribution in [2.45, 2.75) is 6.10 Å². The lowest BCUT2D eigenvalue weighted by atomic mass is 10.2. The summed E-state index contributed by atoms with van der Waals surface area (Å²) in [6.07, 6.45) is -0.514. The summed E-state index contributed by atoms with van der Waals surface area (Å²) in [6, 6.07) is 9.26. The molecule has 0 saturated carbocycles. The predicted molar refractivity (Wildman–Crippen MR) is 65.4 cm³/mol. The van der Waals surface area contributed by atoms with Crippen molar-refractivity contribution in [1.29, 1.82) is 5.26 Å². The number of carbonyl (C=O) groups excluding carboxylic acids is 1. The number of hydrogen-bond acceptors (Lipinski definition) is 3. The number of amides is 1. The van der Waals surface area contributed by atoms with Crippen LogP contribution in [0.15, 0.2) is 28.7 Å². The largest absolute Gasteiger partial charge is 0.360 e. The molecule has 1 amide bonds. The molecule has 1 aromatic rings. The van der Waals surface area contributed by atoms with Gasteiger partial charge in [-0.25, -0.2) is 0 Å². The number of nitriles is 1. The van der Waals surface area contributed by atoms with E-state index < -0.39 is 6.10 Å². The van der Waals surface area contributed by atoms with Crippen LogP contribution in [0.1, 0.15) is 10.4 Å². The highest BCUT2D eigenvalue weighted by atomic mass is 79.9. The SMILES string of the molecule is N#CC1CN(C(=O)c2cccc(Br)c2)CCO1. The first kappa shape index (κ1) is 12.1. The van der Waals surface area contributed by atoms with Gasteiger partial charge < -0.3 is 9.64 Å². The summed E-state index contributed by atoms with van der Waals surface area (Å²) in [4.78, 5) is 13.8. The van der Waals surface area contributed by atoms with Crippen molar-refractivity contribution in [2.75, 3.05) is 19.7 Å². The Morgan fingerprint density at radius 2 is 2.41 bits per heavy atom. The standard InChI is InChI=1S/C12H11BrN2O2/c13-10-3-1-2-9(6-10)12(16)15-4-5-17-11(7-14)8-15/h1-3,6,11H,4-5,8H2. The summed E-state index contributed by atoms with van der Waals surface area (Å²) >= 11 is 3.33. The molecule has 2 rings (SSSR count). The van der Waals surface area contributed by atoms with Crippen molar-refractivity contribution in [3.8, 4) is 6.07 Å². The third-order valence-electron chi connectivity index (χ3n) is 2.57. The average molecular weight is 295 g/mol. The summed E-state index contributed by atoms with van der Waals surface area (Å²) in [7, 11) is 0. The van der Waals surface area contributed by atoms with Gasteiger partial charge in [-0.1, -0.05) is 22.0 Å². The van der Waals surface area contributed by atoms with Gasteiger partial charge in [0.25, 0.3) is 5.91 Å². The summed E-state index contributed by atoms with van der Waals surface area (Å²) in [6.45, 7) is 1.28. The van der Waals surface area contributed by atoms with E-state index in [1.165, 1.54) is 0 Å². The zero-order valence-electron chi connectivity index (χ0n) is 9.10. The van der Waals surface area contributed by atoms with Crippen LogP contribution >= 0.6 is 15.9 Å². The predicted octanol–water partition coefficient (Wildman–Crippen LogP) is 1.81. The fourth-order valence-electron chi connectivity index (χ4n) is 1.72. The minimum absolute atomic E-state index is 0.0603. The second-order valence-corrected chi connectivity index (χ2v) is 4.67. The second kappa shape index (κ2) is 5.30. The third kappa shape index (κ3) is 2.84. The molecule has 17 heavy (non-hydrogen) atoms.